The molecule has 1 aliphatic carbocycles. The summed E-state index contributed by atoms with van der Waals surface area (Å²) in [5.74, 6) is 0.741. The van der Waals surface area contributed by atoms with Crippen LogP contribution in [0.3, 0.4) is 0 Å². The third kappa shape index (κ3) is 6.21. The molecule has 2 amide bonds. The van der Waals surface area contributed by atoms with Crippen molar-refractivity contribution >= 4 is 29.9 Å². The van der Waals surface area contributed by atoms with Crippen molar-refractivity contribution < 1.29 is 9.59 Å². The first-order valence-electron chi connectivity index (χ1n) is 10.5. The summed E-state index contributed by atoms with van der Waals surface area (Å²) in [6.45, 7) is 3.24. The molecule has 1 aromatic rings. The third-order valence-corrected chi connectivity index (χ3v) is 5.92. The summed E-state index contributed by atoms with van der Waals surface area (Å²) in [6, 6.07) is 9.85. The Kier molecular flexibility index (Phi) is 9.26. The zero-order valence-electron chi connectivity index (χ0n) is 16.9. The van der Waals surface area contributed by atoms with Gasteiger partial charge in [-0.05, 0) is 50.4 Å². The Morgan fingerprint density at radius 1 is 1.18 bits per heavy atom. The number of rotatable bonds is 8. The van der Waals surface area contributed by atoms with Crippen LogP contribution in [-0.4, -0.2) is 49.9 Å². The standard InChI is InChI=1S/C22H33N3O2.ClH/c1-24-17-19(15-21(24)26)22(27)25(20-11-6-3-7-12-20)14-8-13-23-16-18-9-4-2-5-10-18;/h3,6-7,11-12,18-19,23H,2,4-5,8-10,13-17H2,1H3;1H. The number of anilines is 1. The highest BCUT2D eigenvalue weighted by molar-refractivity contribution is 5.98. The fourth-order valence-electron chi connectivity index (χ4n) is 4.28. The first-order valence-corrected chi connectivity index (χ1v) is 10.5. The van der Waals surface area contributed by atoms with Gasteiger partial charge in [0, 0.05) is 32.2 Å². The Morgan fingerprint density at radius 3 is 2.54 bits per heavy atom. The Labute approximate surface area is 175 Å². The summed E-state index contributed by atoms with van der Waals surface area (Å²) >= 11 is 0. The number of nitrogens with one attached hydrogen (secondary N) is 1. The quantitative estimate of drug-likeness (QED) is 0.671. The number of hydrogen-bond donors (Lipinski definition) is 1. The van der Waals surface area contributed by atoms with Gasteiger partial charge in [0.1, 0.15) is 0 Å². The van der Waals surface area contributed by atoms with Crippen LogP contribution < -0.4 is 10.2 Å². The Balaban J connectivity index is 0.00000280. The zero-order chi connectivity index (χ0) is 19.1. The summed E-state index contributed by atoms with van der Waals surface area (Å²) < 4.78 is 0. The van der Waals surface area contributed by atoms with E-state index in [1.165, 1.54) is 32.1 Å². The van der Waals surface area contributed by atoms with Crippen LogP contribution in [0.1, 0.15) is 44.9 Å². The van der Waals surface area contributed by atoms with E-state index in [1.807, 2.05) is 35.2 Å². The van der Waals surface area contributed by atoms with Gasteiger partial charge in [-0.15, -0.1) is 12.4 Å². The van der Waals surface area contributed by atoms with Crippen molar-refractivity contribution in [3.8, 4) is 0 Å². The van der Waals surface area contributed by atoms with Gasteiger partial charge in [0.05, 0.1) is 5.92 Å². The maximum atomic E-state index is 13.1. The number of halogens is 1. The second-order valence-corrected chi connectivity index (χ2v) is 8.06. The Morgan fingerprint density at radius 2 is 1.89 bits per heavy atom. The molecule has 0 aromatic heterocycles. The van der Waals surface area contributed by atoms with Crippen molar-refractivity contribution in [3.05, 3.63) is 30.3 Å². The van der Waals surface area contributed by atoms with Crippen molar-refractivity contribution in [3.63, 3.8) is 0 Å². The topological polar surface area (TPSA) is 52.7 Å². The van der Waals surface area contributed by atoms with E-state index in [0.29, 0.717) is 19.5 Å². The molecule has 1 saturated carbocycles. The number of carbonyl (C=O) groups is 2. The molecule has 0 radical (unpaired) electrons. The van der Waals surface area contributed by atoms with E-state index in [0.717, 1.165) is 31.1 Å². The van der Waals surface area contributed by atoms with Crippen LogP contribution in [0.4, 0.5) is 5.69 Å². The van der Waals surface area contributed by atoms with Gasteiger partial charge in [-0.25, -0.2) is 0 Å². The maximum absolute atomic E-state index is 13.1. The average molecular weight is 408 g/mol. The minimum atomic E-state index is -0.224. The number of nitrogens with zero attached hydrogens (tertiary/aromatic N) is 2. The first-order chi connectivity index (χ1) is 13.1. The highest BCUT2D eigenvalue weighted by Crippen LogP contribution is 2.24. The minimum Gasteiger partial charge on any atom is -0.345 e. The van der Waals surface area contributed by atoms with Crippen LogP contribution in [0.15, 0.2) is 30.3 Å². The van der Waals surface area contributed by atoms with E-state index in [2.05, 4.69) is 5.32 Å². The number of carbonyl (C=O) groups excluding carboxylic acids is 2. The number of amides is 2. The molecule has 3 rings (SSSR count). The summed E-state index contributed by atoms with van der Waals surface area (Å²) in [5.41, 5.74) is 0.928. The van der Waals surface area contributed by atoms with Gasteiger partial charge in [0.15, 0.2) is 0 Å². The van der Waals surface area contributed by atoms with E-state index >= 15 is 0 Å². The molecular weight excluding hydrogens is 374 g/mol. The highest BCUT2D eigenvalue weighted by Gasteiger charge is 2.35. The SMILES string of the molecule is CN1CC(C(=O)N(CCCNCC2CCCCC2)c2ccccc2)CC1=O.Cl. The smallest absolute Gasteiger partial charge is 0.232 e. The van der Waals surface area contributed by atoms with Gasteiger partial charge < -0.3 is 15.1 Å². The number of likely N-dealkylation sites (tertiary alicyclic amines) is 1. The monoisotopic (exact) mass is 407 g/mol. The van der Waals surface area contributed by atoms with E-state index < -0.39 is 0 Å². The normalized spacial score (nSPS) is 20.1. The summed E-state index contributed by atoms with van der Waals surface area (Å²) in [5, 5.41) is 3.58. The summed E-state index contributed by atoms with van der Waals surface area (Å²) in [4.78, 5) is 28.5. The molecule has 2 fully saturated rings. The lowest BCUT2D eigenvalue weighted by atomic mass is 9.89. The average Bonchev–Trinajstić information content (AvgIpc) is 3.04. The van der Waals surface area contributed by atoms with Crippen LogP contribution in [0.2, 0.25) is 0 Å². The number of hydrogen-bond acceptors (Lipinski definition) is 3. The van der Waals surface area contributed by atoms with Gasteiger partial charge in [-0.2, -0.15) is 0 Å². The molecule has 1 aromatic carbocycles. The van der Waals surface area contributed by atoms with Crippen LogP contribution in [-0.2, 0) is 9.59 Å². The Hall–Kier alpha value is -1.59. The molecule has 6 heteroatoms. The molecule has 1 N–H and O–H groups in total. The molecule has 0 bridgehead atoms. The van der Waals surface area contributed by atoms with Gasteiger partial charge in [-0.1, -0.05) is 37.5 Å². The molecule has 28 heavy (non-hydrogen) atoms. The van der Waals surface area contributed by atoms with Gasteiger partial charge in [0.2, 0.25) is 11.8 Å². The molecule has 2 aliphatic rings. The predicted molar refractivity (Wildman–Crippen MR) is 116 cm³/mol. The number of para-hydroxylation sites is 1. The lowest BCUT2D eigenvalue weighted by Gasteiger charge is -2.26. The Bertz CT molecular complexity index is 619. The molecule has 1 atom stereocenters. The van der Waals surface area contributed by atoms with Crippen molar-refractivity contribution in [1.29, 1.82) is 0 Å². The van der Waals surface area contributed by atoms with Gasteiger partial charge in [-0.3, -0.25) is 9.59 Å². The van der Waals surface area contributed by atoms with E-state index in [4.69, 9.17) is 0 Å². The van der Waals surface area contributed by atoms with Crippen LogP contribution in [0.25, 0.3) is 0 Å². The predicted octanol–water partition coefficient (Wildman–Crippen LogP) is 3.48. The zero-order valence-corrected chi connectivity index (χ0v) is 17.8. The highest BCUT2D eigenvalue weighted by atomic mass is 35.5. The van der Waals surface area contributed by atoms with Gasteiger partial charge in [0.25, 0.3) is 0 Å². The number of benzene rings is 1. The minimum absolute atomic E-state index is 0. The van der Waals surface area contributed by atoms with E-state index in [-0.39, 0.29) is 30.1 Å². The first kappa shape index (κ1) is 22.7. The molecule has 1 aliphatic heterocycles. The van der Waals surface area contributed by atoms with Crippen molar-refractivity contribution in [2.75, 3.05) is 38.1 Å². The van der Waals surface area contributed by atoms with E-state index in [1.54, 1.807) is 11.9 Å². The largest absolute Gasteiger partial charge is 0.345 e. The molecule has 156 valence electrons. The summed E-state index contributed by atoms with van der Waals surface area (Å²) in [6.07, 6.45) is 8.09. The van der Waals surface area contributed by atoms with Gasteiger partial charge >= 0.3 is 0 Å². The molecular formula is C22H34ClN3O2. The maximum Gasteiger partial charge on any atom is 0.232 e. The molecule has 1 saturated heterocycles. The van der Waals surface area contributed by atoms with Crippen molar-refractivity contribution in [2.24, 2.45) is 11.8 Å². The van der Waals surface area contributed by atoms with Crippen molar-refractivity contribution in [1.82, 2.24) is 10.2 Å². The van der Waals surface area contributed by atoms with Crippen LogP contribution in [0, 0.1) is 11.8 Å². The second kappa shape index (κ2) is 11.4. The lowest BCUT2D eigenvalue weighted by Crippen LogP contribution is -2.39. The second-order valence-electron chi connectivity index (χ2n) is 8.06. The van der Waals surface area contributed by atoms with Crippen molar-refractivity contribution in [2.45, 2.75) is 44.9 Å². The van der Waals surface area contributed by atoms with E-state index in [9.17, 15) is 9.59 Å². The van der Waals surface area contributed by atoms with Crippen LogP contribution >= 0.6 is 12.4 Å². The molecule has 1 unspecified atom stereocenters. The third-order valence-electron chi connectivity index (χ3n) is 5.92. The fourth-order valence-corrected chi connectivity index (χ4v) is 4.28. The molecule has 1 heterocycles. The fraction of sp³-hybridized carbons (Fsp3) is 0.636. The lowest BCUT2D eigenvalue weighted by molar-refractivity contribution is -0.127. The molecule has 5 nitrogen and oxygen atoms in total. The summed E-state index contributed by atoms with van der Waals surface area (Å²) in [7, 11) is 1.78. The molecule has 0 spiro atoms. The van der Waals surface area contributed by atoms with Crippen LogP contribution in [0.5, 0.6) is 0 Å².